The molecule has 23 heavy (non-hydrogen) atoms. The van der Waals surface area contributed by atoms with Crippen molar-refractivity contribution >= 4 is 23.0 Å². The van der Waals surface area contributed by atoms with Crippen LogP contribution in [0.5, 0.6) is 0 Å². The zero-order valence-electron chi connectivity index (χ0n) is 14.3. The second-order valence-electron chi connectivity index (χ2n) is 5.97. The lowest BCUT2D eigenvalue weighted by Crippen LogP contribution is -2.16. The molecule has 2 aromatic rings. The molecule has 0 aliphatic carbocycles. The van der Waals surface area contributed by atoms with Gasteiger partial charge in [0.25, 0.3) is 0 Å². The van der Waals surface area contributed by atoms with Crippen LogP contribution in [0.4, 0.5) is 17.1 Å². The minimum Gasteiger partial charge on any atom is -0.385 e. The van der Waals surface area contributed by atoms with Crippen molar-refractivity contribution in [3.05, 3.63) is 53.6 Å². The summed E-state index contributed by atoms with van der Waals surface area (Å²) in [5.41, 5.74) is 5.44. The van der Waals surface area contributed by atoms with Crippen molar-refractivity contribution in [3.8, 4) is 0 Å². The second kappa shape index (κ2) is 7.68. The van der Waals surface area contributed by atoms with Gasteiger partial charge >= 0.3 is 0 Å². The van der Waals surface area contributed by atoms with Gasteiger partial charge in [0.15, 0.2) is 0 Å². The predicted molar refractivity (Wildman–Crippen MR) is 98.4 cm³/mol. The Balaban J connectivity index is 1.79. The number of amides is 1. The van der Waals surface area contributed by atoms with Crippen LogP contribution in [0.3, 0.4) is 0 Å². The maximum Gasteiger partial charge on any atom is 0.226 e. The van der Waals surface area contributed by atoms with E-state index in [-0.39, 0.29) is 5.91 Å². The predicted octanol–water partition coefficient (Wildman–Crippen LogP) is 3.81. The van der Waals surface area contributed by atoms with E-state index in [0.717, 1.165) is 17.1 Å². The van der Waals surface area contributed by atoms with Gasteiger partial charge in [0, 0.05) is 44.1 Å². The number of hydrogen-bond donors (Lipinski definition) is 2. The van der Waals surface area contributed by atoms with E-state index in [9.17, 15) is 4.79 Å². The molecule has 0 spiro atoms. The molecular formula is C19H25N3O. The molecule has 4 nitrogen and oxygen atoms in total. The van der Waals surface area contributed by atoms with E-state index < -0.39 is 0 Å². The van der Waals surface area contributed by atoms with Crippen molar-refractivity contribution in [2.75, 3.05) is 36.2 Å². The summed E-state index contributed by atoms with van der Waals surface area (Å²) in [7, 11) is 4.03. The molecule has 4 heteroatoms. The summed E-state index contributed by atoms with van der Waals surface area (Å²) < 4.78 is 0. The molecule has 0 heterocycles. The van der Waals surface area contributed by atoms with Gasteiger partial charge in [-0.05, 0) is 61.4 Å². The van der Waals surface area contributed by atoms with Crippen LogP contribution >= 0.6 is 0 Å². The van der Waals surface area contributed by atoms with Gasteiger partial charge in [-0.3, -0.25) is 4.79 Å². The first-order chi connectivity index (χ1) is 11.0. The van der Waals surface area contributed by atoms with Crippen molar-refractivity contribution in [1.82, 2.24) is 0 Å². The standard InChI is InChI=1S/C19H25N3O/c1-14-5-6-17(13-15(14)2)21-19(23)11-12-20-16-7-9-18(10-8-16)22(3)4/h5-10,13,20H,11-12H2,1-4H3,(H,21,23). The lowest BCUT2D eigenvalue weighted by molar-refractivity contribution is -0.115. The van der Waals surface area contributed by atoms with Gasteiger partial charge in [-0.15, -0.1) is 0 Å². The first kappa shape index (κ1) is 16.9. The highest BCUT2D eigenvalue weighted by atomic mass is 16.1. The lowest BCUT2D eigenvalue weighted by atomic mass is 10.1. The maximum atomic E-state index is 12.0. The van der Waals surface area contributed by atoms with Crippen LogP contribution in [0.2, 0.25) is 0 Å². The Morgan fingerprint density at radius 3 is 2.22 bits per heavy atom. The first-order valence-electron chi connectivity index (χ1n) is 7.84. The number of carbonyl (C=O) groups is 1. The fourth-order valence-electron chi connectivity index (χ4n) is 2.24. The average Bonchev–Trinajstić information content (AvgIpc) is 2.51. The molecule has 2 N–H and O–H groups in total. The molecule has 0 aliphatic rings. The van der Waals surface area contributed by atoms with Gasteiger partial charge in [0.05, 0.1) is 0 Å². The number of aryl methyl sites for hydroxylation is 2. The van der Waals surface area contributed by atoms with Crippen molar-refractivity contribution in [1.29, 1.82) is 0 Å². The zero-order valence-corrected chi connectivity index (χ0v) is 14.3. The van der Waals surface area contributed by atoms with E-state index in [1.54, 1.807) is 0 Å². The lowest BCUT2D eigenvalue weighted by Gasteiger charge is -2.13. The molecule has 0 saturated heterocycles. The average molecular weight is 311 g/mol. The van der Waals surface area contributed by atoms with Gasteiger partial charge < -0.3 is 15.5 Å². The van der Waals surface area contributed by atoms with E-state index in [2.05, 4.69) is 34.6 Å². The summed E-state index contributed by atoms with van der Waals surface area (Å²) in [6, 6.07) is 14.1. The number of anilines is 3. The highest BCUT2D eigenvalue weighted by Crippen LogP contribution is 2.16. The maximum absolute atomic E-state index is 12.0. The quantitative estimate of drug-likeness (QED) is 0.852. The molecule has 0 aliphatic heterocycles. The molecule has 0 aromatic heterocycles. The molecule has 0 unspecified atom stereocenters. The number of rotatable bonds is 6. The number of carbonyl (C=O) groups excluding carboxylic acids is 1. The van der Waals surface area contributed by atoms with Crippen LogP contribution in [0.1, 0.15) is 17.5 Å². The van der Waals surface area contributed by atoms with Gasteiger partial charge in [0.1, 0.15) is 0 Å². The summed E-state index contributed by atoms with van der Waals surface area (Å²) in [4.78, 5) is 14.0. The molecule has 0 radical (unpaired) electrons. The summed E-state index contributed by atoms with van der Waals surface area (Å²) in [6.45, 7) is 4.72. The van der Waals surface area contributed by atoms with Crippen LogP contribution in [0.15, 0.2) is 42.5 Å². The number of nitrogens with one attached hydrogen (secondary N) is 2. The zero-order chi connectivity index (χ0) is 16.8. The van der Waals surface area contributed by atoms with Gasteiger partial charge in [-0.2, -0.15) is 0 Å². The SMILES string of the molecule is Cc1ccc(NC(=O)CCNc2ccc(N(C)C)cc2)cc1C. The largest absolute Gasteiger partial charge is 0.385 e. The minimum absolute atomic E-state index is 0.0191. The van der Waals surface area contributed by atoms with Crippen LogP contribution in [0.25, 0.3) is 0 Å². The second-order valence-corrected chi connectivity index (χ2v) is 5.97. The number of hydrogen-bond acceptors (Lipinski definition) is 3. The van der Waals surface area contributed by atoms with Gasteiger partial charge in [-0.25, -0.2) is 0 Å². The Bertz CT molecular complexity index is 663. The van der Waals surface area contributed by atoms with Crippen molar-refractivity contribution in [2.24, 2.45) is 0 Å². The Kier molecular flexibility index (Phi) is 5.63. The Labute approximate surface area is 138 Å². The fraction of sp³-hybridized carbons (Fsp3) is 0.316. The molecule has 0 fully saturated rings. The van der Waals surface area contributed by atoms with E-state index >= 15 is 0 Å². The summed E-state index contributed by atoms with van der Waals surface area (Å²) in [6.07, 6.45) is 0.433. The molecule has 0 saturated carbocycles. The van der Waals surface area contributed by atoms with Crippen molar-refractivity contribution in [3.63, 3.8) is 0 Å². The van der Waals surface area contributed by atoms with Crippen LogP contribution in [0, 0.1) is 13.8 Å². The molecule has 2 aromatic carbocycles. The van der Waals surface area contributed by atoms with Crippen molar-refractivity contribution in [2.45, 2.75) is 20.3 Å². The summed E-state index contributed by atoms with van der Waals surface area (Å²) in [5.74, 6) is 0.0191. The van der Waals surface area contributed by atoms with E-state index in [1.165, 1.54) is 11.1 Å². The molecule has 0 bridgehead atoms. The van der Waals surface area contributed by atoms with Crippen LogP contribution in [-0.2, 0) is 4.79 Å². The Hall–Kier alpha value is -2.49. The fourth-order valence-corrected chi connectivity index (χ4v) is 2.24. The van der Waals surface area contributed by atoms with E-state index in [4.69, 9.17) is 0 Å². The molecule has 122 valence electrons. The molecular weight excluding hydrogens is 286 g/mol. The molecule has 0 atom stereocenters. The van der Waals surface area contributed by atoms with E-state index in [1.807, 2.05) is 51.4 Å². The highest BCUT2D eigenvalue weighted by Gasteiger charge is 2.03. The third-order valence-corrected chi connectivity index (χ3v) is 3.86. The van der Waals surface area contributed by atoms with E-state index in [0.29, 0.717) is 13.0 Å². The molecule has 1 amide bonds. The summed E-state index contributed by atoms with van der Waals surface area (Å²) >= 11 is 0. The monoisotopic (exact) mass is 311 g/mol. The van der Waals surface area contributed by atoms with Gasteiger partial charge in [-0.1, -0.05) is 6.07 Å². The smallest absolute Gasteiger partial charge is 0.226 e. The summed E-state index contributed by atoms with van der Waals surface area (Å²) in [5, 5.41) is 6.20. The van der Waals surface area contributed by atoms with Crippen LogP contribution in [-0.4, -0.2) is 26.5 Å². The third-order valence-electron chi connectivity index (χ3n) is 3.86. The first-order valence-corrected chi connectivity index (χ1v) is 7.84. The molecule has 2 rings (SSSR count). The topological polar surface area (TPSA) is 44.4 Å². The van der Waals surface area contributed by atoms with Gasteiger partial charge in [0.2, 0.25) is 5.91 Å². The highest BCUT2D eigenvalue weighted by molar-refractivity contribution is 5.91. The number of benzene rings is 2. The third kappa shape index (κ3) is 5.02. The minimum atomic E-state index is 0.0191. The normalized spacial score (nSPS) is 10.3. The Morgan fingerprint density at radius 2 is 1.61 bits per heavy atom. The number of nitrogens with zero attached hydrogens (tertiary/aromatic N) is 1. The van der Waals surface area contributed by atoms with Crippen LogP contribution < -0.4 is 15.5 Å². The Morgan fingerprint density at radius 1 is 0.957 bits per heavy atom. The van der Waals surface area contributed by atoms with Crippen molar-refractivity contribution < 1.29 is 4.79 Å².